The zero-order chi connectivity index (χ0) is 9.40. The van der Waals surface area contributed by atoms with Crippen LogP contribution in [0.2, 0.25) is 0 Å². The van der Waals surface area contributed by atoms with Gasteiger partial charge in [-0.1, -0.05) is 13.0 Å². The molecule has 1 unspecified atom stereocenters. The van der Waals surface area contributed by atoms with Crippen molar-refractivity contribution in [2.45, 2.75) is 26.4 Å². The van der Waals surface area contributed by atoms with Crippen molar-refractivity contribution in [1.29, 1.82) is 0 Å². The minimum Gasteiger partial charge on any atom is -0.463 e. The van der Waals surface area contributed by atoms with Crippen molar-refractivity contribution in [1.82, 2.24) is 0 Å². The van der Waals surface area contributed by atoms with E-state index >= 15 is 0 Å². The summed E-state index contributed by atoms with van der Waals surface area (Å²) in [5, 5.41) is 0. The molecule has 0 radical (unpaired) electrons. The summed E-state index contributed by atoms with van der Waals surface area (Å²) < 4.78 is 9.98. The van der Waals surface area contributed by atoms with Gasteiger partial charge in [-0.2, -0.15) is 0 Å². The van der Waals surface area contributed by atoms with Crippen LogP contribution in [0.25, 0.3) is 0 Å². The van der Waals surface area contributed by atoms with Gasteiger partial charge < -0.3 is 9.47 Å². The van der Waals surface area contributed by atoms with Gasteiger partial charge in [0.15, 0.2) is 0 Å². The van der Waals surface area contributed by atoms with Crippen LogP contribution in [0.5, 0.6) is 0 Å². The number of ether oxygens (including phenoxy) is 2. The van der Waals surface area contributed by atoms with Crippen molar-refractivity contribution < 1.29 is 14.3 Å². The zero-order valence-corrected chi connectivity index (χ0v) is 7.71. The van der Waals surface area contributed by atoms with Crippen LogP contribution in [0.15, 0.2) is 12.7 Å². The highest BCUT2D eigenvalue weighted by atomic mass is 16.6. The molecule has 70 valence electrons. The van der Waals surface area contributed by atoms with E-state index in [2.05, 4.69) is 11.3 Å². The van der Waals surface area contributed by atoms with Crippen LogP contribution in [0, 0.1) is 0 Å². The third kappa shape index (κ3) is 5.92. The lowest BCUT2D eigenvalue weighted by Crippen LogP contribution is -2.14. The summed E-state index contributed by atoms with van der Waals surface area (Å²) in [6.07, 6.45) is 2.71. The Balaban J connectivity index is 3.29. The summed E-state index contributed by atoms with van der Waals surface area (Å²) in [4.78, 5) is 10.3. The average molecular weight is 172 g/mol. The molecule has 0 aliphatic rings. The lowest BCUT2D eigenvalue weighted by molar-refractivity contribution is -0.142. The fourth-order valence-corrected chi connectivity index (χ4v) is 0.737. The molecule has 0 aromatic rings. The maximum absolute atomic E-state index is 10.3. The van der Waals surface area contributed by atoms with E-state index < -0.39 is 0 Å². The van der Waals surface area contributed by atoms with Crippen LogP contribution >= 0.6 is 0 Å². The molecule has 0 amide bonds. The van der Waals surface area contributed by atoms with Gasteiger partial charge in [-0.15, -0.1) is 6.58 Å². The third-order valence-corrected chi connectivity index (χ3v) is 1.39. The molecule has 0 rings (SSSR count). The molecule has 0 aromatic carbocycles. The summed E-state index contributed by atoms with van der Waals surface area (Å²) in [7, 11) is 0. The number of carbonyl (C=O) groups is 1. The fraction of sp³-hybridized carbons (Fsp3) is 0.667. The van der Waals surface area contributed by atoms with Crippen molar-refractivity contribution in [3.8, 4) is 0 Å². The predicted molar refractivity (Wildman–Crippen MR) is 46.9 cm³/mol. The molecule has 3 nitrogen and oxygen atoms in total. The Morgan fingerprint density at radius 2 is 2.25 bits per heavy atom. The molecule has 1 atom stereocenters. The van der Waals surface area contributed by atoms with Gasteiger partial charge in [0.05, 0.1) is 12.7 Å². The van der Waals surface area contributed by atoms with E-state index in [1.165, 1.54) is 6.92 Å². The van der Waals surface area contributed by atoms with Crippen LogP contribution in [0.3, 0.4) is 0 Å². The summed E-state index contributed by atoms with van der Waals surface area (Å²) in [5.41, 5.74) is 0. The van der Waals surface area contributed by atoms with E-state index in [1.807, 2.05) is 6.92 Å². The summed E-state index contributed by atoms with van der Waals surface area (Å²) in [6.45, 7) is 7.76. The number of rotatable bonds is 6. The van der Waals surface area contributed by atoms with Gasteiger partial charge in [0.1, 0.15) is 6.61 Å². The number of carbonyl (C=O) groups excluding carboxylic acids is 1. The maximum Gasteiger partial charge on any atom is 0.302 e. The smallest absolute Gasteiger partial charge is 0.302 e. The van der Waals surface area contributed by atoms with Crippen molar-refractivity contribution >= 4 is 5.97 Å². The molecule has 0 saturated heterocycles. The van der Waals surface area contributed by atoms with Crippen LogP contribution < -0.4 is 0 Å². The Labute approximate surface area is 73.4 Å². The Kier molecular flexibility index (Phi) is 6.38. The van der Waals surface area contributed by atoms with Crippen molar-refractivity contribution in [2.75, 3.05) is 13.2 Å². The fourth-order valence-electron chi connectivity index (χ4n) is 0.737. The van der Waals surface area contributed by atoms with E-state index in [0.29, 0.717) is 13.2 Å². The summed E-state index contributed by atoms with van der Waals surface area (Å²) >= 11 is 0. The molecule has 0 spiro atoms. The van der Waals surface area contributed by atoms with Gasteiger partial charge in [-0.25, -0.2) is 0 Å². The normalized spacial score (nSPS) is 12.2. The van der Waals surface area contributed by atoms with E-state index in [0.717, 1.165) is 6.42 Å². The van der Waals surface area contributed by atoms with Crippen LogP contribution in [-0.4, -0.2) is 25.3 Å². The zero-order valence-electron chi connectivity index (χ0n) is 7.71. The van der Waals surface area contributed by atoms with Crippen molar-refractivity contribution in [2.24, 2.45) is 0 Å². The Morgan fingerprint density at radius 3 is 2.67 bits per heavy atom. The van der Waals surface area contributed by atoms with Crippen LogP contribution in [0.1, 0.15) is 20.3 Å². The van der Waals surface area contributed by atoms with Gasteiger partial charge in [0.2, 0.25) is 0 Å². The van der Waals surface area contributed by atoms with Gasteiger partial charge in [0, 0.05) is 6.92 Å². The minimum absolute atomic E-state index is 0.0700. The van der Waals surface area contributed by atoms with E-state index in [9.17, 15) is 4.79 Å². The average Bonchev–Trinajstić information content (AvgIpc) is 2.04. The molecule has 0 aliphatic heterocycles. The Morgan fingerprint density at radius 1 is 1.58 bits per heavy atom. The van der Waals surface area contributed by atoms with Gasteiger partial charge in [-0.05, 0) is 6.42 Å². The number of esters is 1. The van der Waals surface area contributed by atoms with Gasteiger partial charge >= 0.3 is 5.97 Å². The number of hydrogen-bond acceptors (Lipinski definition) is 3. The van der Waals surface area contributed by atoms with Crippen molar-refractivity contribution in [3.63, 3.8) is 0 Å². The molecule has 0 N–H and O–H groups in total. The molecule has 0 bridgehead atoms. The van der Waals surface area contributed by atoms with Crippen LogP contribution in [0.4, 0.5) is 0 Å². The predicted octanol–water partition coefficient (Wildman–Crippen LogP) is 1.53. The quantitative estimate of drug-likeness (QED) is 0.346. The first-order valence-corrected chi connectivity index (χ1v) is 4.08. The monoisotopic (exact) mass is 172 g/mol. The molecule has 0 heterocycles. The van der Waals surface area contributed by atoms with E-state index in [-0.39, 0.29) is 12.1 Å². The molecular weight excluding hydrogens is 156 g/mol. The Bertz CT molecular complexity index is 143. The molecule has 3 heteroatoms. The molecule has 0 aliphatic carbocycles. The topological polar surface area (TPSA) is 35.5 Å². The van der Waals surface area contributed by atoms with E-state index in [1.54, 1.807) is 6.08 Å². The second-order valence-corrected chi connectivity index (χ2v) is 2.39. The van der Waals surface area contributed by atoms with Gasteiger partial charge in [0.25, 0.3) is 0 Å². The lowest BCUT2D eigenvalue weighted by Gasteiger charge is -2.10. The standard InChI is InChI=1S/C9H16O3/c1-4-9(5-2)12-7-6-11-8(3)10/h4,9H,1,5-7H2,2-3H3. The Hall–Kier alpha value is -0.830. The highest BCUT2D eigenvalue weighted by Crippen LogP contribution is 1.97. The first-order valence-electron chi connectivity index (χ1n) is 4.08. The molecule has 0 aromatic heterocycles. The molecule has 12 heavy (non-hydrogen) atoms. The SMILES string of the molecule is C=CC(CC)OCCOC(C)=O. The summed E-state index contributed by atoms with van der Waals surface area (Å²) in [6, 6.07) is 0. The lowest BCUT2D eigenvalue weighted by atomic mass is 10.3. The number of hydrogen-bond donors (Lipinski definition) is 0. The molecule has 0 saturated carbocycles. The second kappa shape index (κ2) is 6.85. The first kappa shape index (κ1) is 11.2. The highest BCUT2D eigenvalue weighted by Gasteiger charge is 2.00. The molecular formula is C9H16O3. The van der Waals surface area contributed by atoms with Crippen molar-refractivity contribution in [3.05, 3.63) is 12.7 Å². The molecule has 0 fully saturated rings. The van der Waals surface area contributed by atoms with Crippen LogP contribution in [-0.2, 0) is 14.3 Å². The largest absolute Gasteiger partial charge is 0.463 e. The maximum atomic E-state index is 10.3. The van der Waals surface area contributed by atoms with E-state index in [4.69, 9.17) is 4.74 Å². The first-order chi connectivity index (χ1) is 5.70. The minimum atomic E-state index is -0.273. The van der Waals surface area contributed by atoms with Gasteiger partial charge in [-0.3, -0.25) is 4.79 Å². The highest BCUT2D eigenvalue weighted by molar-refractivity contribution is 5.65. The second-order valence-electron chi connectivity index (χ2n) is 2.39. The summed E-state index contributed by atoms with van der Waals surface area (Å²) in [5.74, 6) is -0.273. The third-order valence-electron chi connectivity index (χ3n) is 1.39.